The number of carbonyl (C=O) groups is 2. The van der Waals surface area contributed by atoms with E-state index < -0.39 is 0 Å². The highest BCUT2D eigenvalue weighted by atomic mass is 35.5. The van der Waals surface area contributed by atoms with Crippen LogP contribution in [0.4, 0.5) is 0 Å². The molecule has 0 fully saturated rings. The first-order valence-corrected chi connectivity index (χ1v) is 7.84. The third-order valence-corrected chi connectivity index (χ3v) is 3.94. The minimum absolute atomic E-state index is 0.0913. The molecule has 0 N–H and O–H groups in total. The van der Waals surface area contributed by atoms with Gasteiger partial charge in [0.05, 0.1) is 38.1 Å². The van der Waals surface area contributed by atoms with Gasteiger partial charge in [-0.2, -0.15) is 0 Å². The largest absolute Gasteiger partial charge is 0.469 e. The normalized spacial score (nSPS) is 10.4. The lowest BCUT2D eigenvalue weighted by molar-refractivity contribution is -0.141. The molecule has 6 nitrogen and oxygen atoms in total. The molecule has 1 rings (SSSR count). The van der Waals surface area contributed by atoms with Crippen LogP contribution >= 0.6 is 22.9 Å². The van der Waals surface area contributed by atoms with Crippen LogP contribution in [0.2, 0.25) is 0 Å². The van der Waals surface area contributed by atoms with E-state index in [1.165, 1.54) is 18.4 Å². The molecule has 21 heavy (non-hydrogen) atoms. The van der Waals surface area contributed by atoms with E-state index in [1.54, 1.807) is 12.0 Å². The summed E-state index contributed by atoms with van der Waals surface area (Å²) < 4.78 is 9.57. The van der Waals surface area contributed by atoms with Crippen molar-refractivity contribution >= 4 is 34.8 Å². The Hall–Kier alpha value is -1.18. The molecule has 1 amide bonds. The number of ether oxygens (including phenoxy) is 2. The first kappa shape index (κ1) is 17.9. The highest BCUT2D eigenvalue weighted by Gasteiger charge is 2.17. The molecule has 0 unspecified atom stereocenters. The number of halogens is 1. The molecule has 0 aromatic carbocycles. The number of nitrogens with zero attached hydrogens (tertiary/aromatic N) is 2. The van der Waals surface area contributed by atoms with Gasteiger partial charge in [0.2, 0.25) is 5.91 Å². The van der Waals surface area contributed by atoms with Gasteiger partial charge in [0.25, 0.3) is 0 Å². The molecular formula is C13H19ClN2O4S. The number of amides is 1. The van der Waals surface area contributed by atoms with Crippen LogP contribution in [0.25, 0.3) is 0 Å². The fraction of sp³-hybridized carbons (Fsp3) is 0.615. The number of thiazole rings is 1. The Balaban J connectivity index is 2.58. The Kier molecular flexibility index (Phi) is 8.26. The summed E-state index contributed by atoms with van der Waals surface area (Å²) in [7, 11) is 2.89. The smallest absolute Gasteiger partial charge is 0.307 e. The standard InChI is InChI=1S/C13H19ClN2O4S/c1-19-6-5-16(4-3-13(18)20-2)12(17)7-11-15-10(8-14)9-21-11/h9H,3-8H2,1-2H3. The van der Waals surface area contributed by atoms with Crippen LogP contribution in [0.3, 0.4) is 0 Å². The number of hydrogen-bond donors (Lipinski definition) is 0. The summed E-state index contributed by atoms with van der Waals surface area (Å²) in [5.41, 5.74) is 0.766. The van der Waals surface area contributed by atoms with Gasteiger partial charge in [-0.1, -0.05) is 0 Å². The van der Waals surface area contributed by atoms with Crippen molar-refractivity contribution in [2.45, 2.75) is 18.7 Å². The predicted octanol–water partition coefficient (Wildman–Crippen LogP) is 1.46. The summed E-state index contributed by atoms with van der Waals surface area (Å²) in [5, 5.41) is 2.56. The van der Waals surface area contributed by atoms with Crippen molar-refractivity contribution in [1.82, 2.24) is 9.88 Å². The minimum Gasteiger partial charge on any atom is -0.469 e. The first-order valence-electron chi connectivity index (χ1n) is 6.43. The molecule has 0 bridgehead atoms. The van der Waals surface area contributed by atoms with E-state index >= 15 is 0 Å². The highest BCUT2D eigenvalue weighted by molar-refractivity contribution is 7.09. The maximum absolute atomic E-state index is 12.3. The molecule has 0 saturated heterocycles. The summed E-state index contributed by atoms with van der Waals surface area (Å²) in [5.74, 6) is -0.101. The quantitative estimate of drug-likeness (QED) is 0.505. The summed E-state index contributed by atoms with van der Waals surface area (Å²) >= 11 is 7.10. The van der Waals surface area contributed by atoms with Crippen molar-refractivity contribution in [1.29, 1.82) is 0 Å². The van der Waals surface area contributed by atoms with Crippen molar-refractivity contribution in [3.8, 4) is 0 Å². The van der Waals surface area contributed by atoms with Crippen molar-refractivity contribution in [2.24, 2.45) is 0 Å². The second kappa shape index (κ2) is 9.70. The van der Waals surface area contributed by atoms with Gasteiger partial charge in [-0.3, -0.25) is 9.59 Å². The number of carbonyl (C=O) groups excluding carboxylic acids is 2. The monoisotopic (exact) mass is 334 g/mol. The summed E-state index contributed by atoms with van der Waals surface area (Å²) in [6, 6.07) is 0. The molecule has 1 aromatic rings. The van der Waals surface area contributed by atoms with E-state index in [0.717, 1.165) is 10.7 Å². The molecule has 1 aromatic heterocycles. The van der Waals surface area contributed by atoms with E-state index in [4.69, 9.17) is 16.3 Å². The highest BCUT2D eigenvalue weighted by Crippen LogP contribution is 2.13. The van der Waals surface area contributed by atoms with Gasteiger partial charge in [-0.15, -0.1) is 22.9 Å². The number of methoxy groups -OCH3 is 2. The average molecular weight is 335 g/mol. The van der Waals surface area contributed by atoms with Crippen LogP contribution < -0.4 is 0 Å². The van der Waals surface area contributed by atoms with E-state index in [-0.39, 0.29) is 24.7 Å². The molecule has 0 aliphatic heterocycles. The molecule has 0 saturated carbocycles. The predicted molar refractivity (Wildman–Crippen MR) is 80.5 cm³/mol. The molecule has 1 heterocycles. The third kappa shape index (κ3) is 6.41. The Morgan fingerprint density at radius 2 is 2.14 bits per heavy atom. The lowest BCUT2D eigenvalue weighted by Crippen LogP contribution is -2.36. The van der Waals surface area contributed by atoms with Crippen LogP contribution in [0.1, 0.15) is 17.1 Å². The molecule has 0 atom stereocenters. The Bertz CT molecular complexity index is 467. The van der Waals surface area contributed by atoms with E-state index in [2.05, 4.69) is 9.72 Å². The van der Waals surface area contributed by atoms with Gasteiger partial charge in [-0.25, -0.2) is 4.98 Å². The number of rotatable bonds is 9. The number of hydrogen-bond acceptors (Lipinski definition) is 6. The Labute approximate surface area is 133 Å². The van der Waals surface area contributed by atoms with Crippen LogP contribution in [0.5, 0.6) is 0 Å². The van der Waals surface area contributed by atoms with Gasteiger partial charge < -0.3 is 14.4 Å². The lowest BCUT2D eigenvalue weighted by Gasteiger charge is -2.21. The van der Waals surface area contributed by atoms with Gasteiger partial charge in [0.15, 0.2) is 0 Å². The van der Waals surface area contributed by atoms with Crippen molar-refractivity contribution in [2.75, 3.05) is 33.9 Å². The fourth-order valence-electron chi connectivity index (χ4n) is 1.62. The van der Waals surface area contributed by atoms with Gasteiger partial charge >= 0.3 is 5.97 Å². The minimum atomic E-state index is -0.344. The third-order valence-electron chi connectivity index (χ3n) is 2.77. The summed E-state index contributed by atoms with van der Waals surface area (Å²) in [6.45, 7) is 1.15. The molecule has 0 spiro atoms. The zero-order chi connectivity index (χ0) is 15.7. The fourth-order valence-corrected chi connectivity index (χ4v) is 2.64. The second-order valence-corrected chi connectivity index (χ2v) is 5.45. The zero-order valence-corrected chi connectivity index (χ0v) is 13.7. The average Bonchev–Trinajstić information content (AvgIpc) is 2.94. The van der Waals surface area contributed by atoms with Crippen molar-refractivity contribution in [3.63, 3.8) is 0 Å². The number of alkyl halides is 1. The van der Waals surface area contributed by atoms with Gasteiger partial charge in [0, 0.05) is 25.6 Å². The van der Waals surface area contributed by atoms with E-state index in [1.807, 2.05) is 5.38 Å². The van der Waals surface area contributed by atoms with Crippen molar-refractivity contribution < 1.29 is 19.1 Å². The SMILES string of the molecule is COCCN(CCC(=O)OC)C(=O)Cc1nc(CCl)cs1. The molecule has 0 radical (unpaired) electrons. The second-order valence-electron chi connectivity index (χ2n) is 4.24. The maximum Gasteiger partial charge on any atom is 0.307 e. The van der Waals surface area contributed by atoms with E-state index in [0.29, 0.717) is 25.6 Å². The van der Waals surface area contributed by atoms with Gasteiger partial charge in [-0.05, 0) is 0 Å². The maximum atomic E-state index is 12.3. The summed E-state index contributed by atoms with van der Waals surface area (Å²) in [6.07, 6.45) is 0.364. The first-order chi connectivity index (χ1) is 10.1. The Morgan fingerprint density at radius 3 is 2.71 bits per heavy atom. The molecule has 0 aliphatic carbocycles. The van der Waals surface area contributed by atoms with Crippen LogP contribution in [-0.2, 0) is 31.4 Å². The number of aromatic nitrogens is 1. The molecular weight excluding hydrogens is 316 g/mol. The molecule has 118 valence electrons. The van der Waals surface area contributed by atoms with E-state index in [9.17, 15) is 9.59 Å². The van der Waals surface area contributed by atoms with Gasteiger partial charge in [0.1, 0.15) is 5.01 Å². The lowest BCUT2D eigenvalue weighted by atomic mass is 10.3. The van der Waals surface area contributed by atoms with Crippen LogP contribution in [-0.4, -0.2) is 55.7 Å². The molecule has 0 aliphatic rings. The van der Waals surface area contributed by atoms with Crippen LogP contribution in [0, 0.1) is 0 Å². The molecule has 8 heteroatoms. The van der Waals surface area contributed by atoms with Crippen molar-refractivity contribution in [3.05, 3.63) is 16.1 Å². The summed E-state index contributed by atoms with van der Waals surface area (Å²) in [4.78, 5) is 29.3. The topological polar surface area (TPSA) is 68.7 Å². The van der Waals surface area contributed by atoms with Crippen LogP contribution in [0.15, 0.2) is 5.38 Å². The number of esters is 1. The zero-order valence-electron chi connectivity index (χ0n) is 12.1. The Morgan fingerprint density at radius 1 is 1.38 bits per heavy atom.